The van der Waals surface area contributed by atoms with Gasteiger partial charge in [-0.2, -0.15) is 0 Å². The molecule has 1 saturated heterocycles. The quantitative estimate of drug-likeness (QED) is 0.583. The number of hydrogen-bond acceptors (Lipinski definition) is 2. The molecule has 0 N–H and O–H groups in total. The van der Waals surface area contributed by atoms with E-state index >= 15 is 0 Å². The van der Waals surface area contributed by atoms with Crippen molar-refractivity contribution in [2.45, 2.75) is 22.9 Å². The van der Waals surface area contributed by atoms with Crippen LogP contribution in [0.1, 0.15) is 12.8 Å². The Morgan fingerprint density at radius 2 is 1.45 bits per heavy atom. The Balaban J connectivity index is 2.43. The molecule has 0 unspecified atom stereocenters. The maximum absolute atomic E-state index is 5.57. The fourth-order valence-electron chi connectivity index (χ4n) is 0.822. The molecule has 0 radical (unpaired) electrons. The lowest BCUT2D eigenvalue weighted by Gasteiger charge is -2.22. The van der Waals surface area contributed by atoms with Crippen molar-refractivity contribution in [2.24, 2.45) is 0 Å². The highest BCUT2D eigenvalue weighted by atomic mass is 35.6. The topological polar surface area (TPSA) is 18.5 Å². The van der Waals surface area contributed by atoms with Crippen LogP contribution < -0.4 is 0 Å². The summed E-state index contributed by atoms with van der Waals surface area (Å²) in [5.74, 6) is 0. The van der Waals surface area contributed by atoms with Gasteiger partial charge in [0.15, 0.2) is 0 Å². The Labute approximate surface area is 80.7 Å². The summed E-state index contributed by atoms with van der Waals surface area (Å²) in [7, 11) is 0. The molecule has 0 amide bonds. The Hall–Kier alpha value is 0.790. The zero-order valence-electron chi connectivity index (χ0n) is 5.86. The van der Waals surface area contributed by atoms with Crippen LogP contribution in [0.25, 0.3) is 0 Å². The molecule has 0 aromatic heterocycles. The van der Waals surface area contributed by atoms with E-state index < -0.39 is 10.1 Å². The van der Waals surface area contributed by atoms with Crippen LogP contribution in [0.2, 0.25) is 0 Å². The second kappa shape index (κ2) is 4.15. The second-order valence-corrected chi connectivity index (χ2v) is 4.69. The van der Waals surface area contributed by atoms with Gasteiger partial charge in [0.05, 0.1) is 13.2 Å². The molecule has 66 valence electrons. The Kier molecular flexibility index (Phi) is 3.72. The van der Waals surface area contributed by atoms with Gasteiger partial charge in [-0.15, -0.1) is 0 Å². The first-order valence-electron chi connectivity index (χ1n) is 3.40. The molecule has 2 nitrogen and oxygen atoms in total. The normalized spacial score (nSPS) is 23.2. The highest BCUT2D eigenvalue weighted by Crippen LogP contribution is 2.33. The van der Waals surface area contributed by atoms with E-state index in [4.69, 9.17) is 44.3 Å². The molecule has 1 heterocycles. The van der Waals surface area contributed by atoms with Gasteiger partial charge >= 0.3 is 0 Å². The van der Waals surface area contributed by atoms with Crippen molar-refractivity contribution in [3.05, 3.63) is 0 Å². The lowest BCUT2D eigenvalue weighted by Crippen LogP contribution is -2.30. The van der Waals surface area contributed by atoms with E-state index in [1.807, 2.05) is 0 Å². The molecule has 0 spiro atoms. The van der Waals surface area contributed by atoms with Crippen molar-refractivity contribution in [3.63, 3.8) is 0 Å². The van der Waals surface area contributed by atoms with Crippen LogP contribution in [0, 0.1) is 0 Å². The molecule has 1 aliphatic heterocycles. The number of alkyl halides is 3. The van der Waals surface area contributed by atoms with E-state index in [0.717, 1.165) is 12.8 Å². The Morgan fingerprint density at radius 3 is 1.82 bits per heavy atom. The van der Waals surface area contributed by atoms with Gasteiger partial charge in [0, 0.05) is 0 Å². The number of hydrogen-bond donors (Lipinski definition) is 0. The van der Waals surface area contributed by atoms with E-state index in [1.165, 1.54) is 0 Å². The molecule has 0 aromatic rings. The predicted molar refractivity (Wildman–Crippen MR) is 45.2 cm³/mol. The van der Waals surface area contributed by atoms with E-state index in [0.29, 0.717) is 13.2 Å². The maximum Gasteiger partial charge on any atom is 0.240 e. The first-order chi connectivity index (χ1) is 5.11. The molecule has 0 bridgehead atoms. The van der Waals surface area contributed by atoms with Gasteiger partial charge in [-0.1, -0.05) is 34.8 Å². The highest BCUT2D eigenvalue weighted by Gasteiger charge is 2.35. The minimum absolute atomic E-state index is 0.596. The van der Waals surface area contributed by atoms with Crippen LogP contribution in [0.3, 0.4) is 0 Å². The SMILES string of the molecule is ClC(Cl)(Cl)C1OCCCCO1. The fourth-order valence-corrected chi connectivity index (χ4v) is 1.20. The minimum Gasteiger partial charge on any atom is -0.349 e. The first-order valence-corrected chi connectivity index (χ1v) is 4.54. The summed E-state index contributed by atoms with van der Waals surface area (Å²) in [5, 5.41) is 0. The summed E-state index contributed by atoms with van der Waals surface area (Å²) in [4.78, 5) is 0. The molecule has 1 aliphatic rings. The Morgan fingerprint density at radius 1 is 1.00 bits per heavy atom. The molecular formula is C6H9Cl3O2. The molecular weight excluding hydrogens is 210 g/mol. The van der Waals surface area contributed by atoms with Gasteiger partial charge in [-0.05, 0) is 12.8 Å². The molecule has 0 aliphatic carbocycles. The summed E-state index contributed by atoms with van der Waals surface area (Å²) in [6, 6.07) is 0. The van der Waals surface area contributed by atoms with Gasteiger partial charge in [0.2, 0.25) is 10.1 Å². The number of ether oxygens (including phenoxy) is 2. The predicted octanol–water partition coefficient (Wildman–Crippen LogP) is 2.51. The lowest BCUT2D eigenvalue weighted by molar-refractivity contribution is -0.122. The lowest BCUT2D eigenvalue weighted by atomic mass is 10.3. The van der Waals surface area contributed by atoms with Crippen molar-refractivity contribution < 1.29 is 9.47 Å². The third kappa shape index (κ3) is 3.34. The smallest absolute Gasteiger partial charge is 0.240 e. The molecule has 1 fully saturated rings. The van der Waals surface area contributed by atoms with Crippen molar-refractivity contribution in [1.29, 1.82) is 0 Å². The van der Waals surface area contributed by atoms with E-state index in [2.05, 4.69) is 0 Å². The third-order valence-electron chi connectivity index (χ3n) is 1.34. The van der Waals surface area contributed by atoms with E-state index in [9.17, 15) is 0 Å². The second-order valence-electron chi connectivity index (χ2n) is 2.32. The van der Waals surface area contributed by atoms with Crippen molar-refractivity contribution in [1.82, 2.24) is 0 Å². The standard InChI is InChI=1S/C6H9Cl3O2/c7-6(8,9)5-10-3-1-2-4-11-5/h5H,1-4H2. The number of rotatable bonds is 0. The largest absolute Gasteiger partial charge is 0.349 e. The monoisotopic (exact) mass is 218 g/mol. The zero-order valence-corrected chi connectivity index (χ0v) is 8.12. The summed E-state index contributed by atoms with van der Waals surface area (Å²) in [6.45, 7) is 1.19. The van der Waals surface area contributed by atoms with Crippen LogP contribution >= 0.6 is 34.8 Å². The van der Waals surface area contributed by atoms with Gasteiger partial charge in [0.25, 0.3) is 0 Å². The van der Waals surface area contributed by atoms with E-state index in [1.54, 1.807) is 0 Å². The van der Waals surface area contributed by atoms with Crippen LogP contribution in [-0.4, -0.2) is 23.3 Å². The molecule has 11 heavy (non-hydrogen) atoms. The molecule has 0 saturated carbocycles. The highest BCUT2D eigenvalue weighted by molar-refractivity contribution is 6.67. The summed E-state index contributed by atoms with van der Waals surface area (Å²) >= 11 is 16.7. The molecule has 0 aromatic carbocycles. The Bertz CT molecular complexity index is 115. The van der Waals surface area contributed by atoms with Crippen LogP contribution in [-0.2, 0) is 9.47 Å². The fraction of sp³-hybridized carbons (Fsp3) is 1.00. The molecule has 5 heteroatoms. The average molecular weight is 219 g/mol. The zero-order chi connectivity index (χ0) is 8.32. The van der Waals surface area contributed by atoms with Gasteiger partial charge in [-0.25, -0.2) is 0 Å². The van der Waals surface area contributed by atoms with E-state index in [-0.39, 0.29) is 0 Å². The first kappa shape index (κ1) is 9.87. The maximum atomic E-state index is 5.57. The van der Waals surface area contributed by atoms with Gasteiger partial charge in [-0.3, -0.25) is 0 Å². The molecule has 0 atom stereocenters. The summed E-state index contributed by atoms with van der Waals surface area (Å²) < 4.78 is 8.83. The van der Waals surface area contributed by atoms with Crippen LogP contribution in [0.5, 0.6) is 0 Å². The van der Waals surface area contributed by atoms with Crippen molar-refractivity contribution in [2.75, 3.05) is 13.2 Å². The summed E-state index contributed by atoms with van der Waals surface area (Å²) in [6.07, 6.45) is 1.20. The third-order valence-corrected chi connectivity index (χ3v) is 1.88. The van der Waals surface area contributed by atoms with Crippen LogP contribution in [0.15, 0.2) is 0 Å². The minimum atomic E-state index is -1.47. The van der Waals surface area contributed by atoms with Gasteiger partial charge in [0.1, 0.15) is 0 Å². The summed E-state index contributed by atoms with van der Waals surface area (Å²) in [5.41, 5.74) is 0. The average Bonchev–Trinajstić information content (AvgIpc) is 2.10. The van der Waals surface area contributed by atoms with Gasteiger partial charge < -0.3 is 9.47 Å². The molecule has 1 rings (SSSR count). The number of halogens is 3. The van der Waals surface area contributed by atoms with Crippen LogP contribution in [0.4, 0.5) is 0 Å². The van der Waals surface area contributed by atoms with Crippen molar-refractivity contribution in [3.8, 4) is 0 Å². The van der Waals surface area contributed by atoms with Crippen molar-refractivity contribution >= 4 is 34.8 Å².